The van der Waals surface area contributed by atoms with Crippen molar-refractivity contribution in [1.82, 2.24) is 9.88 Å². The highest BCUT2D eigenvalue weighted by Gasteiger charge is 2.37. The van der Waals surface area contributed by atoms with E-state index >= 15 is 0 Å². The van der Waals surface area contributed by atoms with E-state index in [2.05, 4.69) is 23.0 Å². The lowest BCUT2D eigenvalue weighted by Gasteiger charge is -2.26. The summed E-state index contributed by atoms with van der Waals surface area (Å²) >= 11 is 0. The highest BCUT2D eigenvalue weighted by Crippen LogP contribution is 2.32. The zero-order chi connectivity index (χ0) is 10.0. The molecule has 1 aliphatic heterocycles. The van der Waals surface area contributed by atoms with Gasteiger partial charge in [0.05, 0.1) is 6.61 Å². The van der Waals surface area contributed by atoms with Gasteiger partial charge >= 0.3 is 0 Å². The molecule has 76 valence electrons. The molecule has 2 rings (SSSR count). The molecule has 0 spiro atoms. The quantitative estimate of drug-likeness (QED) is 0.747. The van der Waals surface area contributed by atoms with E-state index in [1.54, 1.807) is 6.20 Å². The Hall–Kier alpha value is -0.930. The fourth-order valence-corrected chi connectivity index (χ4v) is 2.21. The lowest BCUT2D eigenvalue weighted by Crippen LogP contribution is -2.33. The number of aliphatic hydroxyl groups excluding tert-OH is 1. The average Bonchev–Trinajstić information content (AvgIpc) is 2.63. The highest BCUT2D eigenvalue weighted by atomic mass is 16.3. The molecule has 0 aromatic carbocycles. The number of pyridine rings is 1. The maximum absolute atomic E-state index is 9.53. The SMILES string of the molecule is CN1CCC(CO)(c2cccnc2)C1. The van der Waals surface area contributed by atoms with Crippen LogP contribution in [0.4, 0.5) is 0 Å². The van der Waals surface area contributed by atoms with Gasteiger partial charge in [-0.05, 0) is 31.6 Å². The van der Waals surface area contributed by atoms with E-state index in [0.29, 0.717) is 0 Å². The molecule has 1 aromatic heterocycles. The summed E-state index contributed by atoms with van der Waals surface area (Å²) in [5.74, 6) is 0. The number of likely N-dealkylation sites (tertiary alicyclic amines) is 1. The largest absolute Gasteiger partial charge is 0.395 e. The van der Waals surface area contributed by atoms with Crippen LogP contribution in [0.3, 0.4) is 0 Å². The molecule has 1 fully saturated rings. The molecule has 14 heavy (non-hydrogen) atoms. The number of likely N-dealkylation sites (N-methyl/N-ethyl adjacent to an activating group) is 1. The van der Waals surface area contributed by atoms with Crippen LogP contribution in [-0.2, 0) is 5.41 Å². The van der Waals surface area contributed by atoms with E-state index in [0.717, 1.165) is 25.1 Å². The number of rotatable bonds is 2. The Balaban J connectivity index is 2.30. The van der Waals surface area contributed by atoms with Crippen LogP contribution in [-0.4, -0.2) is 41.7 Å². The molecule has 0 bridgehead atoms. The summed E-state index contributed by atoms with van der Waals surface area (Å²) in [6, 6.07) is 3.99. The van der Waals surface area contributed by atoms with Crippen molar-refractivity contribution in [3.8, 4) is 0 Å². The molecule has 1 unspecified atom stereocenters. The molecule has 1 N–H and O–H groups in total. The van der Waals surface area contributed by atoms with Gasteiger partial charge in [-0.3, -0.25) is 4.98 Å². The van der Waals surface area contributed by atoms with Crippen LogP contribution in [0.2, 0.25) is 0 Å². The summed E-state index contributed by atoms with van der Waals surface area (Å²) in [5.41, 5.74) is 1.08. The molecule has 1 saturated heterocycles. The zero-order valence-corrected chi connectivity index (χ0v) is 8.48. The van der Waals surface area contributed by atoms with Crippen LogP contribution < -0.4 is 0 Å². The van der Waals surface area contributed by atoms with Gasteiger partial charge in [-0.1, -0.05) is 6.07 Å². The number of nitrogens with zero attached hydrogens (tertiary/aromatic N) is 2. The minimum absolute atomic E-state index is 0.0803. The van der Waals surface area contributed by atoms with Crippen LogP contribution in [0.5, 0.6) is 0 Å². The highest BCUT2D eigenvalue weighted by molar-refractivity contribution is 5.24. The van der Waals surface area contributed by atoms with Gasteiger partial charge in [-0.15, -0.1) is 0 Å². The van der Waals surface area contributed by atoms with Crippen molar-refractivity contribution < 1.29 is 5.11 Å². The molecule has 2 heterocycles. The van der Waals surface area contributed by atoms with Gasteiger partial charge in [-0.2, -0.15) is 0 Å². The van der Waals surface area contributed by atoms with Gasteiger partial charge in [0.15, 0.2) is 0 Å². The van der Waals surface area contributed by atoms with Crippen molar-refractivity contribution >= 4 is 0 Å². The molecule has 0 saturated carbocycles. The average molecular weight is 192 g/mol. The lowest BCUT2D eigenvalue weighted by molar-refractivity contribution is 0.195. The first-order valence-electron chi connectivity index (χ1n) is 4.97. The molecular weight excluding hydrogens is 176 g/mol. The zero-order valence-electron chi connectivity index (χ0n) is 8.48. The Kier molecular flexibility index (Phi) is 2.52. The van der Waals surface area contributed by atoms with Crippen LogP contribution in [0.25, 0.3) is 0 Å². The van der Waals surface area contributed by atoms with Crippen molar-refractivity contribution in [3.05, 3.63) is 30.1 Å². The minimum Gasteiger partial charge on any atom is -0.395 e. The van der Waals surface area contributed by atoms with Crippen LogP contribution in [0, 0.1) is 0 Å². The summed E-state index contributed by atoms with van der Waals surface area (Å²) in [7, 11) is 2.09. The first-order chi connectivity index (χ1) is 6.77. The predicted octanol–water partition coefficient (Wildman–Crippen LogP) is 0.647. The topological polar surface area (TPSA) is 36.4 Å². The van der Waals surface area contributed by atoms with Gasteiger partial charge < -0.3 is 10.0 Å². The monoisotopic (exact) mass is 192 g/mol. The molecular formula is C11H16N2O. The first-order valence-corrected chi connectivity index (χ1v) is 4.97. The number of aliphatic hydroxyl groups is 1. The van der Waals surface area contributed by atoms with E-state index in [-0.39, 0.29) is 12.0 Å². The summed E-state index contributed by atoms with van der Waals surface area (Å²) in [5, 5.41) is 9.53. The molecule has 1 atom stereocenters. The molecule has 3 nitrogen and oxygen atoms in total. The Bertz CT molecular complexity index is 301. The summed E-state index contributed by atoms with van der Waals surface area (Å²) < 4.78 is 0. The Morgan fingerprint density at radius 2 is 2.50 bits per heavy atom. The fraction of sp³-hybridized carbons (Fsp3) is 0.545. The Morgan fingerprint density at radius 3 is 3.00 bits per heavy atom. The maximum atomic E-state index is 9.53. The molecule has 0 aliphatic carbocycles. The second kappa shape index (κ2) is 3.67. The van der Waals surface area contributed by atoms with Gasteiger partial charge in [0.1, 0.15) is 0 Å². The maximum Gasteiger partial charge on any atom is 0.0541 e. The normalized spacial score (nSPS) is 28.1. The smallest absolute Gasteiger partial charge is 0.0541 e. The van der Waals surface area contributed by atoms with Crippen LogP contribution in [0.15, 0.2) is 24.5 Å². The number of hydrogen-bond donors (Lipinski definition) is 1. The number of hydrogen-bond acceptors (Lipinski definition) is 3. The van der Waals surface area contributed by atoms with E-state index < -0.39 is 0 Å². The Morgan fingerprint density at radius 1 is 1.64 bits per heavy atom. The third-order valence-corrected chi connectivity index (χ3v) is 3.12. The van der Waals surface area contributed by atoms with Crippen molar-refractivity contribution in [2.45, 2.75) is 11.8 Å². The summed E-state index contributed by atoms with van der Waals surface area (Å²) in [6.45, 7) is 2.19. The molecule has 3 heteroatoms. The second-order valence-electron chi connectivity index (χ2n) is 4.17. The van der Waals surface area contributed by atoms with Crippen molar-refractivity contribution in [1.29, 1.82) is 0 Å². The summed E-state index contributed by atoms with van der Waals surface area (Å²) in [6.07, 6.45) is 4.66. The van der Waals surface area contributed by atoms with E-state index in [4.69, 9.17) is 0 Å². The predicted molar refractivity (Wildman–Crippen MR) is 55.1 cm³/mol. The molecule has 0 amide bonds. The van der Waals surface area contributed by atoms with Crippen LogP contribution >= 0.6 is 0 Å². The number of aromatic nitrogens is 1. The molecule has 1 aromatic rings. The first kappa shape index (κ1) is 9.62. The van der Waals surface area contributed by atoms with Crippen molar-refractivity contribution in [2.24, 2.45) is 0 Å². The molecule has 1 aliphatic rings. The van der Waals surface area contributed by atoms with Gasteiger partial charge in [0.25, 0.3) is 0 Å². The third kappa shape index (κ3) is 1.53. The lowest BCUT2D eigenvalue weighted by atomic mass is 9.81. The molecule has 0 radical (unpaired) electrons. The second-order valence-corrected chi connectivity index (χ2v) is 4.17. The van der Waals surface area contributed by atoms with Gasteiger partial charge in [-0.25, -0.2) is 0 Å². The van der Waals surface area contributed by atoms with E-state index in [1.165, 1.54) is 0 Å². The third-order valence-electron chi connectivity index (χ3n) is 3.12. The van der Waals surface area contributed by atoms with Crippen molar-refractivity contribution in [3.63, 3.8) is 0 Å². The van der Waals surface area contributed by atoms with Gasteiger partial charge in [0.2, 0.25) is 0 Å². The van der Waals surface area contributed by atoms with E-state index in [9.17, 15) is 5.11 Å². The van der Waals surface area contributed by atoms with Gasteiger partial charge in [0, 0.05) is 24.4 Å². The standard InChI is InChI=1S/C11H16N2O/c1-13-6-4-11(8-13,9-14)10-3-2-5-12-7-10/h2-3,5,7,14H,4,6,8-9H2,1H3. The minimum atomic E-state index is -0.0803. The fourth-order valence-electron chi connectivity index (χ4n) is 2.21. The van der Waals surface area contributed by atoms with Crippen molar-refractivity contribution in [2.75, 3.05) is 26.7 Å². The summed E-state index contributed by atoms with van der Waals surface area (Å²) in [4.78, 5) is 6.37. The van der Waals surface area contributed by atoms with E-state index in [1.807, 2.05) is 12.3 Å². The Labute approximate surface area is 84.4 Å². The van der Waals surface area contributed by atoms with Crippen LogP contribution in [0.1, 0.15) is 12.0 Å².